The topological polar surface area (TPSA) is 138 Å². The minimum atomic E-state index is -3.55. The Morgan fingerprint density at radius 1 is 1.20 bits per heavy atom. The molecule has 3 N–H and O–H groups in total. The zero-order valence-electron chi connectivity index (χ0n) is 10.7. The van der Waals surface area contributed by atoms with Crippen LogP contribution < -0.4 is 5.32 Å². The van der Waals surface area contributed by atoms with Crippen LogP contribution in [-0.4, -0.2) is 53.5 Å². The lowest BCUT2D eigenvalue weighted by atomic mass is 10.1. The third-order valence-corrected chi connectivity index (χ3v) is 5.31. The van der Waals surface area contributed by atoms with Crippen LogP contribution >= 0.6 is 0 Å². The second kappa shape index (κ2) is 6.69. The van der Waals surface area contributed by atoms with E-state index in [1.165, 1.54) is 0 Å². The van der Waals surface area contributed by atoms with Gasteiger partial charge in [-0.05, 0) is 19.3 Å². The van der Waals surface area contributed by atoms with Crippen LogP contribution in [0, 0.1) is 0 Å². The van der Waals surface area contributed by atoms with E-state index in [4.69, 9.17) is 10.2 Å². The summed E-state index contributed by atoms with van der Waals surface area (Å²) in [5.74, 6) is -3.51. The number of carbonyl (C=O) groups is 3. The third kappa shape index (κ3) is 4.48. The van der Waals surface area contributed by atoms with Gasteiger partial charge in [0, 0.05) is 6.42 Å². The van der Waals surface area contributed by atoms with E-state index in [9.17, 15) is 22.8 Å². The van der Waals surface area contributed by atoms with Gasteiger partial charge in [-0.15, -0.1) is 0 Å². The highest BCUT2D eigenvalue weighted by atomic mass is 32.2. The second-order valence-corrected chi connectivity index (χ2v) is 6.99. The number of rotatable bonds is 6. The second-order valence-electron chi connectivity index (χ2n) is 4.68. The number of aliphatic carboxylic acids is 2. The first-order valence-electron chi connectivity index (χ1n) is 6.20. The minimum absolute atomic E-state index is 0.0854. The van der Waals surface area contributed by atoms with Gasteiger partial charge in [-0.1, -0.05) is 6.42 Å². The van der Waals surface area contributed by atoms with E-state index in [1.807, 2.05) is 0 Å². The summed E-state index contributed by atoms with van der Waals surface area (Å²) in [5.41, 5.74) is 0. The average molecular weight is 307 g/mol. The quantitative estimate of drug-likeness (QED) is 0.595. The fourth-order valence-corrected chi connectivity index (χ4v) is 3.85. The molecule has 20 heavy (non-hydrogen) atoms. The van der Waals surface area contributed by atoms with Gasteiger partial charge in [0.2, 0.25) is 5.91 Å². The van der Waals surface area contributed by atoms with Crippen molar-refractivity contribution in [3.05, 3.63) is 0 Å². The van der Waals surface area contributed by atoms with E-state index in [0.29, 0.717) is 12.8 Å². The summed E-state index contributed by atoms with van der Waals surface area (Å²) in [4.78, 5) is 33.2. The van der Waals surface area contributed by atoms with Crippen LogP contribution in [0.25, 0.3) is 0 Å². The van der Waals surface area contributed by atoms with Gasteiger partial charge in [-0.3, -0.25) is 9.59 Å². The lowest BCUT2D eigenvalue weighted by molar-refractivity contribution is -0.143. The molecule has 8 nitrogen and oxygen atoms in total. The molecule has 1 aliphatic heterocycles. The van der Waals surface area contributed by atoms with E-state index < -0.39 is 45.4 Å². The van der Waals surface area contributed by atoms with E-state index in [-0.39, 0.29) is 18.6 Å². The van der Waals surface area contributed by atoms with Crippen molar-refractivity contribution in [2.24, 2.45) is 0 Å². The summed E-state index contributed by atoms with van der Waals surface area (Å²) < 4.78 is 23.5. The summed E-state index contributed by atoms with van der Waals surface area (Å²) in [6.45, 7) is 0. The predicted molar refractivity (Wildman–Crippen MR) is 67.9 cm³/mol. The van der Waals surface area contributed by atoms with E-state index in [1.54, 1.807) is 0 Å². The predicted octanol–water partition coefficient (Wildman–Crippen LogP) is -0.612. The molecule has 114 valence electrons. The van der Waals surface area contributed by atoms with Crippen molar-refractivity contribution < 1.29 is 33.0 Å². The molecule has 0 spiro atoms. The van der Waals surface area contributed by atoms with Gasteiger partial charge in [-0.25, -0.2) is 13.2 Å². The standard InChI is InChI=1S/C11H17NO7S/c13-9(14)5-4-7(11(16)17)12-10(15)8-3-1-2-6-20(8,18)19/h7-8H,1-6H2,(H,12,15)(H,13,14)(H,16,17). The van der Waals surface area contributed by atoms with Crippen LogP contribution in [0.15, 0.2) is 0 Å². The zero-order chi connectivity index (χ0) is 15.3. The molecule has 1 saturated heterocycles. The van der Waals surface area contributed by atoms with Crippen molar-refractivity contribution in [2.75, 3.05) is 5.75 Å². The van der Waals surface area contributed by atoms with E-state index >= 15 is 0 Å². The summed E-state index contributed by atoms with van der Waals surface area (Å²) in [7, 11) is -3.55. The Morgan fingerprint density at radius 3 is 2.35 bits per heavy atom. The number of carboxylic acids is 2. The number of carboxylic acid groups (broad SMARTS) is 2. The highest BCUT2D eigenvalue weighted by Gasteiger charge is 2.36. The number of amides is 1. The molecule has 2 atom stereocenters. The van der Waals surface area contributed by atoms with Crippen LogP contribution in [0.1, 0.15) is 32.1 Å². The van der Waals surface area contributed by atoms with E-state index in [0.717, 1.165) is 0 Å². The first kappa shape index (κ1) is 16.4. The zero-order valence-corrected chi connectivity index (χ0v) is 11.6. The van der Waals surface area contributed by atoms with Crippen LogP contribution in [0.3, 0.4) is 0 Å². The molecule has 1 rings (SSSR count). The molecule has 0 radical (unpaired) electrons. The molecule has 9 heteroatoms. The summed E-state index contributed by atoms with van der Waals surface area (Å²) in [6, 6.07) is -1.39. The molecule has 2 unspecified atom stereocenters. The fraction of sp³-hybridized carbons (Fsp3) is 0.727. The maximum Gasteiger partial charge on any atom is 0.326 e. The lowest BCUT2D eigenvalue weighted by Crippen LogP contribution is -2.49. The molecular weight excluding hydrogens is 290 g/mol. The number of hydrogen-bond acceptors (Lipinski definition) is 5. The number of hydrogen-bond donors (Lipinski definition) is 3. The molecule has 0 bridgehead atoms. The summed E-state index contributed by atoms with van der Waals surface area (Å²) in [6.07, 6.45) is 0.537. The lowest BCUT2D eigenvalue weighted by Gasteiger charge is -2.23. The maximum atomic E-state index is 11.9. The van der Waals surface area contributed by atoms with Gasteiger partial charge in [0.25, 0.3) is 0 Å². The van der Waals surface area contributed by atoms with Gasteiger partial charge in [0.05, 0.1) is 5.75 Å². The normalized spacial score (nSPS) is 22.7. The Labute approximate surface area is 116 Å². The highest BCUT2D eigenvalue weighted by molar-refractivity contribution is 7.92. The smallest absolute Gasteiger partial charge is 0.326 e. The molecule has 1 aliphatic rings. The third-order valence-electron chi connectivity index (χ3n) is 3.13. The van der Waals surface area contributed by atoms with Crippen molar-refractivity contribution >= 4 is 27.7 Å². The van der Waals surface area contributed by atoms with E-state index in [2.05, 4.69) is 5.32 Å². The molecule has 0 aliphatic carbocycles. The molecule has 0 aromatic heterocycles. The summed E-state index contributed by atoms with van der Waals surface area (Å²) >= 11 is 0. The Balaban J connectivity index is 2.70. The molecule has 1 amide bonds. The van der Waals surface area contributed by atoms with Crippen molar-refractivity contribution in [3.63, 3.8) is 0 Å². The van der Waals surface area contributed by atoms with Crippen LogP contribution in [0.4, 0.5) is 0 Å². The molecule has 1 heterocycles. The van der Waals surface area contributed by atoms with Gasteiger partial charge < -0.3 is 15.5 Å². The number of sulfone groups is 1. The van der Waals surface area contributed by atoms with Crippen molar-refractivity contribution in [1.82, 2.24) is 5.32 Å². The first-order valence-corrected chi connectivity index (χ1v) is 7.92. The number of carbonyl (C=O) groups excluding carboxylic acids is 1. The van der Waals surface area contributed by atoms with Gasteiger partial charge in [0.1, 0.15) is 11.3 Å². The molecule has 0 aromatic rings. The molecular formula is C11H17NO7S. The largest absolute Gasteiger partial charge is 0.481 e. The van der Waals surface area contributed by atoms with Crippen LogP contribution in [-0.2, 0) is 24.2 Å². The van der Waals surface area contributed by atoms with Gasteiger partial charge in [0.15, 0.2) is 9.84 Å². The minimum Gasteiger partial charge on any atom is -0.481 e. The molecule has 1 fully saturated rings. The first-order chi connectivity index (χ1) is 9.24. The Kier molecular flexibility index (Phi) is 5.49. The fourth-order valence-electron chi connectivity index (χ4n) is 2.04. The van der Waals surface area contributed by atoms with Crippen molar-refractivity contribution in [1.29, 1.82) is 0 Å². The maximum absolute atomic E-state index is 11.9. The van der Waals surface area contributed by atoms with Gasteiger partial charge in [-0.2, -0.15) is 0 Å². The summed E-state index contributed by atoms with van der Waals surface area (Å²) in [5, 5.41) is 18.3. The highest BCUT2D eigenvalue weighted by Crippen LogP contribution is 2.19. The van der Waals surface area contributed by atoms with Gasteiger partial charge >= 0.3 is 11.9 Å². The number of nitrogens with one attached hydrogen (secondary N) is 1. The van der Waals surface area contributed by atoms with Crippen LogP contribution in [0.5, 0.6) is 0 Å². The van der Waals surface area contributed by atoms with Crippen molar-refractivity contribution in [2.45, 2.75) is 43.4 Å². The molecule has 0 aromatic carbocycles. The van der Waals surface area contributed by atoms with Crippen molar-refractivity contribution in [3.8, 4) is 0 Å². The Bertz CT molecular complexity index is 499. The monoisotopic (exact) mass is 307 g/mol. The Morgan fingerprint density at radius 2 is 1.85 bits per heavy atom. The van der Waals surface area contributed by atoms with Crippen LogP contribution in [0.2, 0.25) is 0 Å². The SMILES string of the molecule is O=C(O)CCC(NC(=O)C1CCCCS1(=O)=O)C(=O)O. The molecule has 0 saturated carbocycles. The Hall–Kier alpha value is -1.64. The average Bonchev–Trinajstić information content (AvgIpc) is 2.32.